The fraction of sp³-hybridized carbons (Fsp3) is 0.188. The average Bonchev–Trinajstić information content (AvgIpc) is 3.01. The lowest BCUT2D eigenvalue weighted by atomic mass is 9.95. The number of hydrogen-bond donors (Lipinski definition) is 1. The van der Waals surface area contributed by atoms with Gasteiger partial charge in [-0.05, 0) is 17.0 Å². The first kappa shape index (κ1) is 12.8. The third kappa shape index (κ3) is 1.84. The molecule has 0 saturated heterocycles. The smallest absolute Gasteiger partial charge is 0.229 e. The van der Waals surface area contributed by atoms with Crippen LogP contribution in [0.5, 0.6) is 5.75 Å². The van der Waals surface area contributed by atoms with Crippen LogP contribution in [-0.2, 0) is 4.79 Å². The second kappa shape index (κ2) is 4.84. The molecule has 22 heavy (non-hydrogen) atoms. The third-order valence-corrected chi connectivity index (χ3v) is 3.99. The third-order valence-electron chi connectivity index (χ3n) is 3.99. The molecular formula is C16H14N4O2. The van der Waals surface area contributed by atoms with Gasteiger partial charge in [0.05, 0.1) is 19.6 Å². The minimum atomic E-state index is -0.165. The summed E-state index contributed by atoms with van der Waals surface area (Å²) in [6, 6.07) is 11.8. The lowest BCUT2D eigenvalue weighted by Gasteiger charge is -2.25. The first-order valence-electron chi connectivity index (χ1n) is 7.03. The van der Waals surface area contributed by atoms with Gasteiger partial charge in [-0.2, -0.15) is 10.1 Å². The molecule has 1 amide bonds. The van der Waals surface area contributed by atoms with Gasteiger partial charge >= 0.3 is 0 Å². The highest BCUT2D eigenvalue weighted by Crippen LogP contribution is 2.36. The Morgan fingerprint density at radius 1 is 1.23 bits per heavy atom. The van der Waals surface area contributed by atoms with Gasteiger partial charge in [0.15, 0.2) is 0 Å². The molecule has 0 aliphatic carbocycles. The summed E-state index contributed by atoms with van der Waals surface area (Å²) in [7, 11) is 1.66. The zero-order valence-corrected chi connectivity index (χ0v) is 12.0. The van der Waals surface area contributed by atoms with Gasteiger partial charge in [0, 0.05) is 5.39 Å². The van der Waals surface area contributed by atoms with E-state index >= 15 is 0 Å². The molecule has 1 atom stereocenters. The largest absolute Gasteiger partial charge is 0.496 e. The van der Waals surface area contributed by atoms with Crippen LogP contribution in [0.2, 0.25) is 0 Å². The molecule has 6 heteroatoms. The number of methoxy groups -OCH3 is 1. The van der Waals surface area contributed by atoms with Gasteiger partial charge in [0.1, 0.15) is 12.1 Å². The minimum absolute atomic E-state index is 0.0506. The van der Waals surface area contributed by atoms with Crippen molar-refractivity contribution in [1.82, 2.24) is 14.8 Å². The summed E-state index contributed by atoms with van der Waals surface area (Å²) in [5, 5.41) is 9.08. The standard InChI is InChI=1S/C16H14N4O2/c1-22-14-7-6-11(10-4-2-3-5-12(10)14)13-8-15(21)19-16-17-9-18-20(13)16/h2-7,9,13H,8H2,1H3,(H,17,18,19,21). The van der Waals surface area contributed by atoms with E-state index in [0.717, 1.165) is 22.1 Å². The fourth-order valence-electron chi connectivity index (χ4n) is 3.01. The SMILES string of the molecule is COc1ccc(C2CC(=O)Nc3ncnn32)c2ccccc12. The molecule has 4 rings (SSSR count). The molecule has 1 aliphatic heterocycles. The highest BCUT2D eigenvalue weighted by Gasteiger charge is 2.29. The summed E-state index contributed by atoms with van der Waals surface area (Å²) < 4.78 is 7.19. The summed E-state index contributed by atoms with van der Waals surface area (Å²) in [4.78, 5) is 16.0. The van der Waals surface area contributed by atoms with Crippen molar-refractivity contribution in [3.8, 4) is 5.75 Å². The maximum atomic E-state index is 11.9. The molecule has 1 N–H and O–H groups in total. The van der Waals surface area contributed by atoms with E-state index in [2.05, 4.69) is 15.4 Å². The van der Waals surface area contributed by atoms with Crippen molar-refractivity contribution in [2.45, 2.75) is 12.5 Å². The average molecular weight is 294 g/mol. The second-order valence-electron chi connectivity index (χ2n) is 5.20. The Morgan fingerprint density at radius 2 is 2.05 bits per heavy atom. The van der Waals surface area contributed by atoms with Gasteiger partial charge in [-0.25, -0.2) is 4.68 Å². The number of carbonyl (C=O) groups excluding carboxylic acids is 1. The molecular weight excluding hydrogens is 280 g/mol. The number of benzene rings is 2. The number of ether oxygens (including phenoxy) is 1. The quantitative estimate of drug-likeness (QED) is 0.788. The molecule has 1 aromatic heterocycles. The topological polar surface area (TPSA) is 69.0 Å². The maximum absolute atomic E-state index is 11.9. The number of fused-ring (bicyclic) bond motifs is 2. The predicted molar refractivity (Wildman–Crippen MR) is 81.9 cm³/mol. The van der Waals surface area contributed by atoms with Crippen molar-refractivity contribution >= 4 is 22.6 Å². The molecule has 0 saturated carbocycles. The lowest BCUT2D eigenvalue weighted by Crippen LogP contribution is -2.29. The lowest BCUT2D eigenvalue weighted by molar-refractivity contribution is -0.117. The Bertz CT molecular complexity index is 871. The van der Waals surface area contributed by atoms with E-state index < -0.39 is 0 Å². The summed E-state index contributed by atoms with van der Waals surface area (Å²) in [5.74, 6) is 1.25. The highest BCUT2D eigenvalue weighted by molar-refractivity contribution is 5.94. The number of nitrogens with zero attached hydrogens (tertiary/aromatic N) is 3. The van der Waals surface area contributed by atoms with E-state index in [4.69, 9.17) is 4.74 Å². The van der Waals surface area contributed by atoms with Crippen LogP contribution >= 0.6 is 0 Å². The molecule has 3 aromatic rings. The van der Waals surface area contributed by atoms with Crippen LogP contribution in [0.1, 0.15) is 18.0 Å². The molecule has 0 bridgehead atoms. The van der Waals surface area contributed by atoms with E-state index in [-0.39, 0.29) is 11.9 Å². The number of amides is 1. The van der Waals surface area contributed by atoms with Crippen molar-refractivity contribution in [1.29, 1.82) is 0 Å². The monoisotopic (exact) mass is 294 g/mol. The van der Waals surface area contributed by atoms with Gasteiger partial charge in [-0.15, -0.1) is 0 Å². The van der Waals surface area contributed by atoms with Crippen molar-refractivity contribution in [3.05, 3.63) is 48.3 Å². The number of rotatable bonds is 2. The highest BCUT2D eigenvalue weighted by atomic mass is 16.5. The Balaban J connectivity index is 1.95. The van der Waals surface area contributed by atoms with Crippen molar-refractivity contribution in [3.63, 3.8) is 0 Å². The maximum Gasteiger partial charge on any atom is 0.229 e. The Morgan fingerprint density at radius 3 is 2.86 bits per heavy atom. The molecule has 1 unspecified atom stereocenters. The van der Waals surface area contributed by atoms with Crippen molar-refractivity contribution in [2.75, 3.05) is 12.4 Å². The van der Waals surface area contributed by atoms with Crippen LogP contribution < -0.4 is 10.1 Å². The van der Waals surface area contributed by atoms with Crippen molar-refractivity contribution < 1.29 is 9.53 Å². The van der Waals surface area contributed by atoms with Gasteiger partial charge in [0.25, 0.3) is 0 Å². The van der Waals surface area contributed by atoms with Crippen molar-refractivity contribution in [2.24, 2.45) is 0 Å². The Kier molecular flexibility index (Phi) is 2.82. The first-order valence-corrected chi connectivity index (χ1v) is 7.03. The van der Waals surface area contributed by atoms with Gasteiger partial charge < -0.3 is 4.74 Å². The van der Waals surface area contributed by atoms with Gasteiger partial charge in [0.2, 0.25) is 11.9 Å². The number of anilines is 1. The second-order valence-corrected chi connectivity index (χ2v) is 5.20. The van der Waals surface area contributed by atoms with Crippen LogP contribution in [0.25, 0.3) is 10.8 Å². The van der Waals surface area contributed by atoms with Gasteiger partial charge in [-0.3, -0.25) is 10.1 Å². The number of nitrogens with one attached hydrogen (secondary N) is 1. The summed E-state index contributed by atoms with van der Waals surface area (Å²) in [6.07, 6.45) is 1.80. The van der Waals surface area contributed by atoms with E-state index in [9.17, 15) is 4.79 Å². The Hall–Kier alpha value is -2.89. The first-order chi connectivity index (χ1) is 10.8. The molecule has 2 heterocycles. The van der Waals surface area contributed by atoms with Gasteiger partial charge in [-0.1, -0.05) is 30.3 Å². The van der Waals surface area contributed by atoms with E-state index in [1.165, 1.54) is 6.33 Å². The Labute approximate surface area is 126 Å². The van der Waals surface area contributed by atoms with Crippen LogP contribution in [0, 0.1) is 0 Å². The van der Waals surface area contributed by atoms with E-state index in [1.54, 1.807) is 11.8 Å². The molecule has 110 valence electrons. The molecule has 1 aliphatic rings. The predicted octanol–water partition coefficient (Wildman–Crippen LogP) is 2.37. The molecule has 0 fully saturated rings. The normalized spacial score (nSPS) is 17.1. The zero-order valence-electron chi connectivity index (χ0n) is 12.0. The molecule has 6 nitrogen and oxygen atoms in total. The number of hydrogen-bond acceptors (Lipinski definition) is 4. The fourth-order valence-corrected chi connectivity index (χ4v) is 3.01. The summed E-state index contributed by atoms with van der Waals surface area (Å²) in [5.41, 5.74) is 1.04. The number of carbonyl (C=O) groups is 1. The van der Waals surface area contributed by atoms with Crippen LogP contribution in [0.15, 0.2) is 42.7 Å². The molecule has 2 aromatic carbocycles. The number of aromatic nitrogens is 3. The van der Waals surface area contributed by atoms with Crippen LogP contribution in [0.4, 0.5) is 5.95 Å². The molecule has 0 radical (unpaired) electrons. The summed E-state index contributed by atoms with van der Waals surface area (Å²) in [6.45, 7) is 0. The van der Waals surface area contributed by atoms with Crippen LogP contribution in [-0.4, -0.2) is 27.8 Å². The minimum Gasteiger partial charge on any atom is -0.496 e. The molecule has 0 spiro atoms. The van der Waals surface area contributed by atoms with E-state index in [1.807, 2.05) is 36.4 Å². The summed E-state index contributed by atoms with van der Waals surface area (Å²) >= 11 is 0. The zero-order chi connectivity index (χ0) is 15.1. The van der Waals surface area contributed by atoms with E-state index in [0.29, 0.717) is 12.4 Å². The van der Waals surface area contributed by atoms with Crippen LogP contribution in [0.3, 0.4) is 0 Å².